The highest BCUT2D eigenvalue weighted by Gasteiger charge is 2.02. The molecule has 0 heterocycles. The van der Waals surface area contributed by atoms with Crippen LogP contribution in [0.4, 0.5) is 0 Å². The van der Waals surface area contributed by atoms with E-state index in [1.165, 1.54) is 57.8 Å². The molecule has 0 aromatic carbocycles. The Balaban J connectivity index is 3.05. The lowest BCUT2D eigenvalue weighted by atomic mass is 10.1. The van der Waals surface area contributed by atoms with E-state index in [0.29, 0.717) is 0 Å². The van der Waals surface area contributed by atoms with E-state index in [-0.39, 0.29) is 0 Å². The number of rotatable bonds is 10. The van der Waals surface area contributed by atoms with E-state index in [4.69, 9.17) is 0 Å². The van der Waals surface area contributed by atoms with Gasteiger partial charge in [-0.1, -0.05) is 58.3 Å². The van der Waals surface area contributed by atoms with Crippen molar-refractivity contribution < 1.29 is 0 Å². The van der Waals surface area contributed by atoms with Gasteiger partial charge in [0.1, 0.15) is 0 Å². The molecule has 0 aliphatic rings. The average molecular weight is 213 g/mol. The number of nitrogens with zero attached hydrogens (tertiary/aromatic N) is 1. The predicted octanol–water partition coefficient (Wildman–Crippen LogP) is 4.47. The maximum atomic E-state index is 2.32. The summed E-state index contributed by atoms with van der Waals surface area (Å²) in [4.78, 5) is 2.32. The summed E-state index contributed by atoms with van der Waals surface area (Å²) in [5, 5.41) is 0. The molecule has 1 unspecified atom stereocenters. The number of unbranched alkanes of at least 4 members (excludes halogenated alkanes) is 7. The zero-order valence-electron chi connectivity index (χ0n) is 11.4. The Hall–Kier alpha value is -0.0400. The van der Waals surface area contributed by atoms with Crippen molar-refractivity contribution in [2.45, 2.75) is 77.7 Å². The molecule has 0 spiro atoms. The fourth-order valence-electron chi connectivity index (χ4n) is 1.83. The molecule has 0 amide bonds. The molecule has 15 heavy (non-hydrogen) atoms. The Kier molecular flexibility index (Phi) is 10.4. The fraction of sp³-hybridized carbons (Fsp3) is 1.00. The van der Waals surface area contributed by atoms with Gasteiger partial charge < -0.3 is 4.90 Å². The van der Waals surface area contributed by atoms with Crippen LogP contribution in [-0.2, 0) is 0 Å². The normalized spacial score (nSPS) is 13.4. The van der Waals surface area contributed by atoms with Crippen LogP contribution in [0.2, 0.25) is 0 Å². The van der Waals surface area contributed by atoms with Gasteiger partial charge in [0.2, 0.25) is 0 Å². The Labute approximate surface area is 97.2 Å². The van der Waals surface area contributed by atoms with Crippen LogP contribution in [0.25, 0.3) is 0 Å². The SMILES string of the molecule is CCCCCCCCCCC(C)N(C)C. The molecule has 1 atom stereocenters. The molecule has 0 fully saturated rings. The van der Waals surface area contributed by atoms with Gasteiger partial charge in [-0.05, 0) is 27.4 Å². The lowest BCUT2D eigenvalue weighted by Gasteiger charge is -2.19. The average Bonchev–Trinajstić information content (AvgIpc) is 2.21. The minimum atomic E-state index is 0.755. The first-order chi connectivity index (χ1) is 7.18. The second-order valence-electron chi connectivity index (χ2n) is 5.08. The molecule has 0 saturated carbocycles. The molecule has 0 aromatic heterocycles. The first-order valence-electron chi connectivity index (χ1n) is 6.85. The summed E-state index contributed by atoms with van der Waals surface area (Å²) in [5.74, 6) is 0. The molecule has 0 radical (unpaired) electrons. The Morgan fingerprint density at radius 3 is 1.73 bits per heavy atom. The molecule has 0 aliphatic carbocycles. The van der Waals surface area contributed by atoms with Gasteiger partial charge in [-0.2, -0.15) is 0 Å². The van der Waals surface area contributed by atoms with Crippen molar-refractivity contribution in [2.75, 3.05) is 14.1 Å². The molecule has 1 nitrogen and oxygen atoms in total. The van der Waals surface area contributed by atoms with Crippen LogP contribution in [0, 0.1) is 0 Å². The quantitative estimate of drug-likeness (QED) is 0.484. The predicted molar refractivity (Wildman–Crippen MR) is 70.4 cm³/mol. The van der Waals surface area contributed by atoms with Gasteiger partial charge in [0.25, 0.3) is 0 Å². The highest BCUT2D eigenvalue weighted by atomic mass is 15.1. The van der Waals surface area contributed by atoms with E-state index >= 15 is 0 Å². The number of hydrogen-bond donors (Lipinski definition) is 0. The summed E-state index contributed by atoms with van der Waals surface area (Å²) in [6, 6.07) is 0.755. The summed E-state index contributed by atoms with van der Waals surface area (Å²) in [6.45, 7) is 4.60. The molecule has 0 N–H and O–H groups in total. The molecule has 92 valence electrons. The van der Waals surface area contributed by atoms with E-state index in [2.05, 4.69) is 32.8 Å². The lowest BCUT2D eigenvalue weighted by molar-refractivity contribution is 0.291. The van der Waals surface area contributed by atoms with Gasteiger partial charge in [-0.15, -0.1) is 0 Å². The first kappa shape index (κ1) is 15.0. The third kappa shape index (κ3) is 10.2. The monoisotopic (exact) mass is 213 g/mol. The molecule has 0 bridgehead atoms. The Morgan fingerprint density at radius 2 is 1.27 bits per heavy atom. The van der Waals surface area contributed by atoms with E-state index in [9.17, 15) is 0 Å². The van der Waals surface area contributed by atoms with Crippen LogP contribution in [-0.4, -0.2) is 25.0 Å². The molecular weight excluding hydrogens is 182 g/mol. The maximum Gasteiger partial charge on any atom is 0.00608 e. The lowest BCUT2D eigenvalue weighted by Crippen LogP contribution is -2.24. The van der Waals surface area contributed by atoms with Crippen LogP contribution >= 0.6 is 0 Å². The van der Waals surface area contributed by atoms with Crippen molar-refractivity contribution in [3.8, 4) is 0 Å². The molecule has 0 saturated heterocycles. The molecule has 0 aliphatic heterocycles. The smallest absolute Gasteiger partial charge is 0.00608 e. The zero-order valence-corrected chi connectivity index (χ0v) is 11.4. The van der Waals surface area contributed by atoms with Crippen molar-refractivity contribution in [3.05, 3.63) is 0 Å². The zero-order chi connectivity index (χ0) is 11.5. The molecule has 0 rings (SSSR count). The Bertz CT molecular complexity index is 121. The molecule has 1 heteroatoms. The summed E-state index contributed by atoms with van der Waals surface area (Å²) >= 11 is 0. The second kappa shape index (κ2) is 10.5. The second-order valence-corrected chi connectivity index (χ2v) is 5.08. The van der Waals surface area contributed by atoms with Crippen LogP contribution in [0.5, 0.6) is 0 Å². The van der Waals surface area contributed by atoms with E-state index in [0.717, 1.165) is 6.04 Å². The Morgan fingerprint density at radius 1 is 0.800 bits per heavy atom. The van der Waals surface area contributed by atoms with Gasteiger partial charge in [-0.3, -0.25) is 0 Å². The third-order valence-corrected chi connectivity index (χ3v) is 3.36. The van der Waals surface area contributed by atoms with Gasteiger partial charge in [0.05, 0.1) is 0 Å². The van der Waals surface area contributed by atoms with Crippen LogP contribution in [0.3, 0.4) is 0 Å². The fourth-order valence-corrected chi connectivity index (χ4v) is 1.83. The highest BCUT2D eigenvalue weighted by Crippen LogP contribution is 2.11. The molecular formula is C14H31N. The van der Waals surface area contributed by atoms with Gasteiger partial charge >= 0.3 is 0 Å². The van der Waals surface area contributed by atoms with Crippen LogP contribution in [0.1, 0.15) is 71.6 Å². The van der Waals surface area contributed by atoms with Crippen LogP contribution < -0.4 is 0 Å². The minimum Gasteiger partial charge on any atom is -0.307 e. The van der Waals surface area contributed by atoms with E-state index in [1.807, 2.05) is 0 Å². The van der Waals surface area contributed by atoms with Crippen molar-refractivity contribution >= 4 is 0 Å². The minimum absolute atomic E-state index is 0.755. The largest absolute Gasteiger partial charge is 0.307 e. The first-order valence-corrected chi connectivity index (χ1v) is 6.85. The van der Waals surface area contributed by atoms with Gasteiger partial charge in [0, 0.05) is 6.04 Å². The maximum absolute atomic E-state index is 2.32. The van der Waals surface area contributed by atoms with E-state index in [1.54, 1.807) is 0 Å². The van der Waals surface area contributed by atoms with Crippen molar-refractivity contribution in [2.24, 2.45) is 0 Å². The van der Waals surface area contributed by atoms with Crippen molar-refractivity contribution in [3.63, 3.8) is 0 Å². The standard InChI is InChI=1S/C14H31N/c1-5-6-7-8-9-10-11-12-13-14(2)15(3)4/h14H,5-13H2,1-4H3. The summed E-state index contributed by atoms with van der Waals surface area (Å²) in [6.07, 6.45) is 12.8. The summed E-state index contributed by atoms with van der Waals surface area (Å²) < 4.78 is 0. The summed E-state index contributed by atoms with van der Waals surface area (Å²) in [7, 11) is 4.35. The summed E-state index contributed by atoms with van der Waals surface area (Å²) in [5.41, 5.74) is 0. The van der Waals surface area contributed by atoms with Gasteiger partial charge in [0.15, 0.2) is 0 Å². The molecule has 0 aromatic rings. The van der Waals surface area contributed by atoms with Crippen LogP contribution in [0.15, 0.2) is 0 Å². The van der Waals surface area contributed by atoms with E-state index < -0.39 is 0 Å². The number of hydrogen-bond acceptors (Lipinski definition) is 1. The highest BCUT2D eigenvalue weighted by molar-refractivity contribution is 4.59. The van der Waals surface area contributed by atoms with Crippen molar-refractivity contribution in [1.82, 2.24) is 4.90 Å². The topological polar surface area (TPSA) is 3.24 Å². The third-order valence-electron chi connectivity index (χ3n) is 3.36. The van der Waals surface area contributed by atoms with Gasteiger partial charge in [-0.25, -0.2) is 0 Å². The van der Waals surface area contributed by atoms with Crippen molar-refractivity contribution in [1.29, 1.82) is 0 Å².